The van der Waals surface area contributed by atoms with Crippen molar-refractivity contribution >= 4 is 16.2 Å². The molecule has 116 valence electrons. The molecule has 0 atom stereocenters. The van der Waals surface area contributed by atoms with Gasteiger partial charge in [0.1, 0.15) is 5.75 Å². The van der Waals surface area contributed by atoms with E-state index in [1.54, 1.807) is 12.1 Å². The first-order chi connectivity index (χ1) is 10.5. The van der Waals surface area contributed by atoms with Gasteiger partial charge in [-0.05, 0) is 43.7 Å². The summed E-state index contributed by atoms with van der Waals surface area (Å²) in [4.78, 5) is 2.33. The lowest BCUT2D eigenvalue weighted by molar-refractivity contribution is 0.340. The molecule has 0 aliphatic heterocycles. The lowest BCUT2D eigenvalue weighted by atomic mass is 10.2. The number of rotatable bonds is 6. The standard InChI is InChI=1S/C16H18N2O3S/c1-3-21-15-8-10-16(11-9-15)22(19,20)18-17-12-14-6-4-13(2)5-7-14/h4-12,18H,3H2,1-2H3/b17-12+. The normalized spacial score (nSPS) is 11.5. The zero-order chi connectivity index (χ0) is 16.0. The highest BCUT2D eigenvalue weighted by atomic mass is 32.2. The van der Waals surface area contributed by atoms with Crippen molar-refractivity contribution in [3.05, 3.63) is 59.7 Å². The van der Waals surface area contributed by atoms with E-state index in [0.717, 1.165) is 11.1 Å². The Labute approximate surface area is 130 Å². The van der Waals surface area contributed by atoms with Crippen molar-refractivity contribution in [2.45, 2.75) is 18.7 Å². The molecule has 0 spiro atoms. The van der Waals surface area contributed by atoms with Crippen LogP contribution in [0.15, 0.2) is 58.5 Å². The summed E-state index contributed by atoms with van der Waals surface area (Å²) in [6.07, 6.45) is 1.46. The molecule has 6 heteroatoms. The van der Waals surface area contributed by atoms with Gasteiger partial charge >= 0.3 is 0 Å². The molecule has 0 heterocycles. The Morgan fingerprint density at radius 1 is 1.09 bits per heavy atom. The summed E-state index contributed by atoms with van der Waals surface area (Å²) in [7, 11) is -3.67. The van der Waals surface area contributed by atoms with Gasteiger partial charge in [-0.1, -0.05) is 29.8 Å². The minimum atomic E-state index is -3.67. The molecule has 0 radical (unpaired) electrons. The summed E-state index contributed by atoms with van der Waals surface area (Å²) in [6.45, 7) is 4.38. The number of hydrogen-bond acceptors (Lipinski definition) is 4. The van der Waals surface area contributed by atoms with Crippen LogP contribution >= 0.6 is 0 Å². The van der Waals surface area contributed by atoms with E-state index in [1.807, 2.05) is 38.1 Å². The fourth-order valence-corrected chi connectivity index (χ4v) is 2.55. The predicted molar refractivity (Wildman–Crippen MR) is 86.7 cm³/mol. The average molecular weight is 318 g/mol. The number of ether oxygens (including phenoxy) is 1. The molecular formula is C16H18N2O3S. The second kappa shape index (κ2) is 7.09. The molecule has 0 aromatic heterocycles. The Hall–Kier alpha value is -2.34. The smallest absolute Gasteiger partial charge is 0.276 e. The van der Waals surface area contributed by atoms with Gasteiger partial charge in [-0.2, -0.15) is 13.5 Å². The first-order valence-electron chi connectivity index (χ1n) is 6.85. The van der Waals surface area contributed by atoms with E-state index in [4.69, 9.17) is 4.74 Å². The number of aryl methyl sites for hydroxylation is 1. The highest BCUT2D eigenvalue weighted by Gasteiger charge is 2.12. The molecule has 0 unspecified atom stereocenters. The Morgan fingerprint density at radius 2 is 1.73 bits per heavy atom. The Balaban J connectivity index is 2.05. The maximum Gasteiger partial charge on any atom is 0.276 e. The van der Waals surface area contributed by atoms with Gasteiger partial charge in [0, 0.05) is 0 Å². The van der Waals surface area contributed by atoms with E-state index < -0.39 is 10.0 Å². The minimum Gasteiger partial charge on any atom is -0.494 e. The lowest BCUT2D eigenvalue weighted by Gasteiger charge is -2.05. The van der Waals surface area contributed by atoms with Crippen molar-refractivity contribution in [2.75, 3.05) is 6.61 Å². The van der Waals surface area contributed by atoms with Crippen LogP contribution in [0.5, 0.6) is 5.75 Å². The molecule has 0 aliphatic rings. The van der Waals surface area contributed by atoms with Crippen LogP contribution in [0.25, 0.3) is 0 Å². The van der Waals surface area contributed by atoms with Crippen LogP contribution in [-0.4, -0.2) is 21.2 Å². The van der Waals surface area contributed by atoms with Gasteiger partial charge in [0.25, 0.3) is 10.0 Å². The van der Waals surface area contributed by atoms with E-state index in [2.05, 4.69) is 9.93 Å². The van der Waals surface area contributed by atoms with Gasteiger partial charge in [0.05, 0.1) is 17.7 Å². The molecule has 0 fully saturated rings. The third kappa shape index (κ3) is 4.33. The number of sulfonamides is 1. The Bertz CT molecular complexity index is 736. The molecule has 22 heavy (non-hydrogen) atoms. The van der Waals surface area contributed by atoms with Crippen molar-refractivity contribution in [3.8, 4) is 5.75 Å². The van der Waals surface area contributed by atoms with Crippen LogP contribution in [0, 0.1) is 6.92 Å². The second-order valence-corrected chi connectivity index (χ2v) is 6.33. The lowest BCUT2D eigenvalue weighted by Crippen LogP contribution is -2.18. The van der Waals surface area contributed by atoms with Crippen LogP contribution in [0.2, 0.25) is 0 Å². The predicted octanol–water partition coefficient (Wildman–Crippen LogP) is 2.71. The number of benzene rings is 2. The molecule has 0 amide bonds. The summed E-state index contributed by atoms with van der Waals surface area (Å²) in [5.41, 5.74) is 1.95. The summed E-state index contributed by atoms with van der Waals surface area (Å²) < 4.78 is 29.4. The summed E-state index contributed by atoms with van der Waals surface area (Å²) >= 11 is 0. The fourth-order valence-electron chi connectivity index (χ4n) is 1.76. The van der Waals surface area contributed by atoms with E-state index in [1.165, 1.54) is 18.3 Å². The highest BCUT2D eigenvalue weighted by molar-refractivity contribution is 7.89. The molecule has 0 saturated heterocycles. The summed E-state index contributed by atoms with van der Waals surface area (Å²) in [5.74, 6) is 0.629. The Morgan fingerprint density at radius 3 is 2.32 bits per heavy atom. The first kappa shape index (κ1) is 16.0. The van der Waals surface area contributed by atoms with Crippen molar-refractivity contribution in [2.24, 2.45) is 5.10 Å². The average Bonchev–Trinajstić information content (AvgIpc) is 2.50. The number of nitrogens with zero attached hydrogens (tertiary/aromatic N) is 1. The topological polar surface area (TPSA) is 67.8 Å². The highest BCUT2D eigenvalue weighted by Crippen LogP contribution is 2.15. The van der Waals surface area contributed by atoms with Crippen molar-refractivity contribution in [3.63, 3.8) is 0 Å². The van der Waals surface area contributed by atoms with Gasteiger partial charge in [-0.15, -0.1) is 0 Å². The van der Waals surface area contributed by atoms with Crippen LogP contribution in [0.1, 0.15) is 18.1 Å². The number of nitrogens with one attached hydrogen (secondary N) is 1. The summed E-state index contributed by atoms with van der Waals surface area (Å²) in [5, 5.41) is 3.78. The van der Waals surface area contributed by atoms with Crippen LogP contribution in [-0.2, 0) is 10.0 Å². The third-order valence-electron chi connectivity index (χ3n) is 2.91. The maximum absolute atomic E-state index is 12.1. The molecule has 2 aromatic carbocycles. The zero-order valence-electron chi connectivity index (χ0n) is 12.5. The van der Waals surface area contributed by atoms with Gasteiger partial charge in [0.2, 0.25) is 0 Å². The van der Waals surface area contributed by atoms with Crippen molar-refractivity contribution in [1.82, 2.24) is 4.83 Å². The first-order valence-corrected chi connectivity index (χ1v) is 8.34. The SMILES string of the molecule is CCOc1ccc(S(=O)(=O)N/N=C/c2ccc(C)cc2)cc1. The van der Waals surface area contributed by atoms with Gasteiger partial charge in [0.15, 0.2) is 0 Å². The fraction of sp³-hybridized carbons (Fsp3) is 0.188. The monoisotopic (exact) mass is 318 g/mol. The van der Waals surface area contributed by atoms with E-state index in [9.17, 15) is 8.42 Å². The molecule has 1 N–H and O–H groups in total. The Kier molecular flexibility index (Phi) is 5.16. The second-order valence-electron chi connectivity index (χ2n) is 4.67. The van der Waals surface area contributed by atoms with Crippen LogP contribution < -0.4 is 9.57 Å². The van der Waals surface area contributed by atoms with E-state index in [0.29, 0.717) is 12.4 Å². The maximum atomic E-state index is 12.1. The number of hydrazone groups is 1. The van der Waals surface area contributed by atoms with Crippen molar-refractivity contribution in [1.29, 1.82) is 0 Å². The minimum absolute atomic E-state index is 0.136. The zero-order valence-corrected chi connectivity index (χ0v) is 13.3. The van der Waals surface area contributed by atoms with Crippen LogP contribution in [0.4, 0.5) is 0 Å². The van der Waals surface area contributed by atoms with Crippen LogP contribution in [0.3, 0.4) is 0 Å². The van der Waals surface area contributed by atoms with Gasteiger partial charge < -0.3 is 4.74 Å². The van der Waals surface area contributed by atoms with Crippen molar-refractivity contribution < 1.29 is 13.2 Å². The van der Waals surface area contributed by atoms with E-state index in [-0.39, 0.29) is 4.90 Å². The molecule has 0 saturated carbocycles. The summed E-state index contributed by atoms with van der Waals surface area (Å²) in [6, 6.07) is 13.8. The van der Waals surface area contributed by atoms with Gasteiger partial charge in [-0.25, -0.2) is 4.83 Å². The van der Waals surface area contributed by atoms with E-state index >= 15 is 0 Å². The molecule has 0 aliphatic carbocycles. The number of hydrogen-bond donors (Lipinski definition) is 1. The molecule has 5 nitrogen and oxygen atoms in total. The van der Waals surface area contributed by atoms with Gasteiger partial charge in [-0.3, -0.25) is 0 Å². The largest absolute Gasteiger partial charge is 0.494 e. The molecule has 2 aromatic rings. The molecule has 0 bridgehead atoms. The third-order valence-corrected chi connectivity index (χ3v) is 4.15. The quantitative estimate of drug-likeness (QED) is 0.658. The molecular weight excluding hydrogens is 300 g/mol. The molecule has 2 rings (SSSR count).